The summed E-state index contributed by atoms with van der Waals surface area (Å²) in [7, 11) is 0. The lowest BCUT2D eigenvalue weighted by molar-refractivity contribution is 0.0488. The molecule has 3 nitrogen and oxygen atoms in total. The van der Waals surface area contributed by atoms with Gasteiger partial charge in [0.2, 0.25) is 0 Å². The minimum absolute atomic E-state index is 0.352. The van der Waals surface area contributed by atoms with Gasteiger partial charge in [0, 0.05) is 11.1 Å². The normalized spacial score (nSPS) is 11.1. The summed E-state index contributed by atoms with van der Waals surface area (Å²) in [6.07, 6.45) is 0.707. The van der Waals surface area contributed by atoms with E-state index < -0.39 is 5.60 Å². The molecule has 1 N–H and O–H groups in total. The summed E-state index contributed by atoms with van der Waals surface area (Å²) in [6.45, 7) is 2.87. The zero-order chi connectivity index (χ0) is 10.8. The van der Waals surface area contributed by atoms with Crippen LogP contribution in [0.1, 0.15) is 34.6 Å². The third-order valence-electron chi connectivity index (χ3n) is 1.86. The number of Topliss-reactive ketones (excluding diaryl/α,β-unsaturated/α-hetero) is 1. The van der Waals surface area contributed by atoms with Crippen molar-refractivity contribution in [3.8, 4) is 0 Å². The van der Waals surface area contributed by atoms with Gasteiger partial charge in [-0.25, -0.2) is 0 Å². The molecule has 0 aliphatic carbocycles. The van der Waals surface area contributed by atoms with Crippen LogP contribution < -0.4 is 0 Å². The number of hydrogen-bond acceptors (Lipinski definition) is 3. The van der Waals surface area contributed by atoms with Gasteiger partial charge in [-0.15, -0.1) is 0 Å². The molecule has 0 amide bonds. The number of rotatable bonds is 3. The van der Waals surface area contributed by atoms with Gasteiger partial charge in [-0.05, 0) is 13.8 Å². The highest BCUT2D eigenvalue weighted by molar-refractivity contribution is 6.02. The van der Waals surface area contributed by atoms with Gasteiger partial charge >= 0.3 is 0 Å². The van der Waals surface area contributed by atoms with Gasteiger partial charge < -0.3 is 5.11 Å². The summed E-state index contributed by atoms with van der Waals surface area (Å²) >= 11 is 0. The molecule has 14 heavy (non-hydrogen) atoms. The molecule has 1 aromatic rings. The van der Waals surface area contributed by atoms with Crippen molar-refractivity contribution < 1.29 is 14.7 Å². The molecule has 0 saturated carbocycles. The van der Waals surface area contributed by atoms with Gasteiger partial charge in [0.1, 0.15) is 11.9 Å². The molecule has 0 aliphatic rings. The molecule has 0 unspecified atom stereocenters. The molecule has 0 aromatic heterocycles. The third kappa shape index (κ3) is 2.26. The smallest absolute Gasteiger partial charge is 0.193 e. The summed E-state index contributed by atoms with van der Waals surface area (Å²) in [5.41, 5.74) is -0.455. The first-order chi connectivity index (χ1) is 6.45. The molecule has 0 fully saturated rings. The van der Waals surface area contributed by atoms with E-state index in [2.05, 4.69) is 0 Å². The van der Waals surface area contributed by atoms with Crippen molar-refractivity contribution >= 4 is 12.1 Å². The van der Waals surface area contributed by atoms with E-state index in [-0.39, 0.29) is 5.78 Å². The molecule has 0 bridgehead atoms. The topological polar surface area (TPSA) is 54.4 Å². The molecule has 0 heterocycles. The van der Waals surface area contributed by atoms with E-state index in [0.29, 0.717) is 17.4 Å². The number of hydrogen-bond donors (Lipinski definition) is 1. The minimum atomic E-state index is -1.37. The standard InChI is InChI=1S/C11H12O3/c1-11(2,14)10(13)9-5-3-8(7-12)4-6-9/h3-7,14H,1-2H3. The highest BCUT2D eigenvalue weighted by Gasteiger charge is 2.24. The van der Waals surface area contributed by atoms with Crippen LogP contribution in [0.3, 0.4) is 0 Å². The Kier molecular flexibility index (Phi) is 2.81. The van der Waals surface area contributed by atoms with Gasteiger partial charge in [0.25, 0.3) is 0 Å². The van der Waals surface area contributed by atoms with Crippen molar-refractivity contribution in [2.75, 3.05) is 0 Å². The fourth-order valence-electron chi connectivity index (χ4n) is 1.07. The maximum Gasteiger partial charge on any atom is 0.193 e. The summed E-state index contributed by atoms with van der Waals surface area (Å²) in [4.78, 5) is 21.9. The molecule has 3 heteroatoms. The number of carbonyl (C=O) groups is 2. The van der Waals surface area contributed by atoms with Crippen LogP contribution in [0.5, 0.6) is 0 Å². The molecule has 0 spiro atoms. The maximum atomic E-state index is 11.5. The van der Waals surface area contributed by atoms with E-state index in [0.717, 1.165) is 0 Å². The number of ketones is 1. The number of benzene rings is 1. The van der Waals surface area contributed by atoms with Crippen LogP contribution in [-0.4, -0.2) is 22.8 Å². The summed E-state index contributed by atoms with van der Waals surface area (Å²) in [6, 6.07) is 6.16. The summed E-state index contributed by atoms with van der Waals surface area (Å²) in [5, 5.41) is 9.45. The van der Waals surface area contributed by atoms with Gasteiger partial charge in [0.15, 0.2) is 5.78 Å². The van der Waals surface area contributed by atoms with Crippen LogP contribution in [0.4, 0.5) is 0 Å². The first-order valence-electron chi connectivity index (χ1n) is 4.27. The van der Waals surface area contributed by atoms with Crippen molar-refractivity contribution in [3.05, 3.63) is 35.4 Å². The monoisotopic (exact) mass is 192 g/mol. The Morgan fingerprint density at radius 3 is 2.14 bits per heavy atom. The molecule has 0 saturated heterocycles. The fraction of sp³-hybridized carbons (Fsp3) is 0.273. The van der Waals surface area contributed by atoms with Gasteiger partial charge in [-0.1, -0.05) is 24.3 Å². The van der Waals surface area contributed by atoms with Crippen LogP contribution in [0.2, 0.25) is 0 Å². The Morgan fingerprint density at radius 2 is 1.79 bits per heavy atom. The van der Waals surface area contributed by atoms with Crippen LogP contribution in [0.25, 0.3) is 0 Å². The lowest BCUT2D eigenvalue weighted by Gasteiger charge is -2.15. The summed E-state index contributed by atoms with van der Waals surface area (Å²) in [5.74, 6) is -0.352. The predicted octanol–water partition coefficient (Wildman–Crippen LogP) is 1.45. The summed E-state index contributed by atoms with van der Waals surface area (Å²) < 4.78 is 0. The van der Waals surface area contributed by atoms with E-state index in [1.54, 1.807) is 12.1 Å². The van der Waals surface area contributed by atoms with Gasteiger partial charge in [-0.2, -0.15) is 0 Å². The largest absolute Gasteiger partial charge is 0.382 e. The second-order valence-electron chi connectivity index (χ2n) is 3.63. The second kappa shape index (κ2) is 3.72. The van der Waals surface area contributed by atoms with Crippen molar-refractivity contribution in [1.29, 1.82) is 0 Å². The maximum absolute atomic E-state index is 11.5. The Labute approximate surface area is 82.4 Å². The average Bonchev–Trinajstić information content (AvgIpc) is 2.15. The Balaban J connectivity index is 2.98. The molecule has 0 radical (unpaired) electrons. The van der Waals surface area contributed by atoms with E-state index in [1.165, 1.54) is 26.0 Å². The fourth-order valence-corrected chi connectivity index (χ4v) is 1.07. The predicted molar refractivity (Wildman–Crippen MR) is 52.5 cm³/mol. The second-order valence-corrected chi connectivity index (χ2v) is 3.63. The van der Waals surface area contributed by atoms with Crippen LogP contribution in [0.15, 0.2) is 24.3 Å². The molecule has 1 aromatic carbocycles. The molecular formula is C11H12O3. The van der Waals surface area contributed by atoms with E-state index >= 15 is 0 Å². The first-order valence-corrected chi connectivity index (χ1v) is 4.27. The molecule has 74 valence electrons. The van der Waals surface area contributed by atoms with E-state index in [4.69, 9.17) is 0 Å². The van der Waals surface area contributed by atoms with Gasteiger partial charge in [0.05, 0.1) is 0 Å². The van der Waals surface area contributed by atoms with Crippen molar-refractivity contribution in [2.24, 2.45) is 0 Å². The Morgan fingerprint density at radius 1 is 1.29 bits per heavy atom. The van der Waals surface area contributed by atoms with Gasteiger partial charge in [-0.3, -0.25) is 9.59 Å². The Bertz CT molecular complexity index is 344. The van der Waals surface area contributed by atoms with Crippen molar-refractivity contribution in [1.82, 2.24) is 0 Å². The van der Waals surface area contributed by atoms with Crippen LogP contribution in [-0.2, 0) is 0 Å². The van der Waals surface area contributed by atoms with Crippen molar-refractivity contribution in [3.63, 3.8) is 0 Å². The first kappa shape index (κ1) is 10.6. The lowest BCUT2D eigenvalue weighted by Crippen LogP contribution is -2.30. The van der Waals surface area contributed by atoms with Crippen LogP contribution >= 0.6 is 0 Å². The number of aldehydes is 1. The molecule has 1 rings (SSSR count). The highest BCUT2D eigenvalue weighted by Crippen LogP contribution is 2.12. The molecular weight excluding hydrogens is 180 g/mol. The molecule has 0 aliphatic heterocycles. The van der Waals surface area contributed by atoms with E-state index in [1.807, 2.05) is 0 Å². The minimum Gasteiger partial charge on any atom is -0.382 e. The molecule has 0 atom stereocenters. The average molecular weight is 192 g/mol. The lowest BCUT2D eigenvalue weighted by atomic mass is 9.96. The number of aliphatic hydroxyl groups is 1. The van der Waals surface area contributed by atoms with Crippen LogP contribution in [0, 0.1) is 0 Å². The Hall–Kier alpha value is -1.48. The quantitative estimate of drug-likeness (QED) is 0.582. The zero-order valence-electron chi connectivity index (χ0n) is 8.15. The third-order valence-corrected chi connectivity index (χ3v) is 1.86. The zero-order valence-corrected chi connectivity index (χ0v) is 8.15. The highest BCUT2D eigenvalue weighted by atomic mass is 16.3. The van der Waals surface area contributed by atoms with E-state index in [9.17, 15) is 14.7 Å². The van der Waals surface area contributed by atoms with Crippen molar-refractivity contribution in [2.45, 2.75) is 19.4 Å². The SMILES string of the molecule is CC(C)(O)C(=O)c1ccc(C=O)cc1. The number of carbonyl (C=O) groups excluding carboxylic acids is 2.